The zero-order valence-electron chi connectivity index (χ0n) is 15.3. The predicted molar refractivity (Wildman–Crippen MR) is 101 cm³/mol. The van der Waals surface area contributed by atoms with Crippen LogP contribution in [0.3, 0.4) is 0 Å². The standard InChI is InChI=1S/C20H24N2O4/c1-4-22(5-2)20(24)15-7-6-8-16(13-15)21-19(23)14-26-18-11-9-17(25-3)10-12-18/h6-13H,4-5,14H2,1-3H3,(H,21,23). The Bertz CT molecular complexity index is 740. The molecule has 0 aliphatic rings. The van der Waals surface area contributed by atoms with Crippen molar-refractivity contribution in [3.63, 3.8) is 0 Å². The first-order chi connectivity index (χ1) is 12.6. The Kier molecular flexibility index (Phi) is 7.02. The minimum Gasteiger partial charge on any atom is -0.497 e. The van der Waals surface area contributed by atoms with Crippen LogP contribution in [0.4, 0.5) is 5.69 Å². The van der Waals surface area contributed by atoms with Gasteiger partial charge in [0.25, 0.3) is 11.8 Å². The van der Waals surface area contributed by atoms with E-state index in [1.54, 1.807) is 60.5 Å². The molecule has 0 saturated heterocycles. The van der Waals surface area contributed by atoms with Crippen LogP contribution in [0.25, 0.3) is 0 Å². The van der Waals surface area contributed by atoms with E-state index in [0.717, 1.165) is 5.75 Å². The van der Waals surface area contributed by atoms with Crippen molar-refractivity contribution in [1.29, 1.82) is 0 Å². The van der Waals surface area contributed by atoms with E-state index in [0.29, 0.717) is 30.1 Å². The van der Waals surface area contributed by atoms with Crippen LogP contribution in [0.1, 0.15) is 24.2 Å². The van der Waals surface area contributed by atoms with Crippen LogP contribution in [-0.2, 0) is 4.79 Å². The zero-order chi connectivity index (χ0) is 18.9. The number of benzene rings is 2. The summed E-state index contributed by atoms with van der Waals surface area (Å²) in [5.41, 5.74) is 1.11. The Hall–Kier alpha value is -3.02. The van der Waals surface area contributed by atoms with Gasteiger partial charge in [-0.25, -0.2) is 0 Å². The number of hydrogen-bond acceptors (Lipinski definition) is 4. The van der Waals surface area contributed by atoms with Gasteiger partial charge in [-0.15, -0.1) is 0 Å². The molecule has 2 aromatic carbocycles. The van der Waals surface area contributed by atoms with Crippen molar-refractivity contribution in [3.05, 3.63) is 54.1 Å². The van der Waals surface area contributed by atoms with Crippen LogP contribution in [0.5, 0.6) is 11.5 Å². The largest absolute Gasteiger partial charge is 0.497 e. The Morgan fingerprint density at radius 2 is 1.65 bits per heavy atom. The number of nitrogens with one attached hydrogen (secondary N) is 1. The summed E-state index contributed by atoms with van der Waals surface area (Å²) in [4.78, 5) is 26.2. The lowest BCUT2D eigenvalue weighted by atomic mass is 10.1. The van der Waals surface area contributed by atoms with Crippen LogP contribution in [0.15, 0.2) is 48.5 Å². The van der Waals surface area contributed by atoms with Gasteiger partial charge in [-0.1, -0.05) is 6.07 Å². The van der Waals surface area contributed by atoms with E-state index in [4.69, 9.17) is 9.47 Å². The van der Waals surface area contributed by atoms with E-state index in [9.17, 15) is 9.59 Å². The number of methoxy groups -OCH3 is 1. The first kappa shape index (κ1) is 19.3. The van der Waals surface area contributed by atoms with Crippen molar-refractivity contribution < 1.29 is 19.1 Å². The number of carbonyl (C=O) groups excluding carboxylic acids is 2. The van der Waals surface area contributed by atoms with Crippen molar-refractivity contribution in [2.45, 2.75) is 13.8 Å². The summed E-state index contributed by atoms with van der Waals surface area (Å²) < 4.78 is 10.5. The van der Waals surface area contributed by atoms with Crippen LogP contribution in [0, 0.1) is 0 Å². The topological polar surface area (TPSA) is 67.9 Å². The molecule has 0 saturated carbocycles. The highest BCUT2D eigenvalue weighted by molar-refractivity contribution is 5.97. The van der Waals surface area contributed by atoms with Crippen molar-refractivity contribution in [3.8, 4) is 11.5 Å². The molecule has 0 atom stereocenters. The van der Waals surface area contributed by atoms with Gasteiger partial charge in [0.1, 0.15) is 11.5 Å². The third-order valence-corrected chi connectivity index (χ3v) is 3.87. The van der Waals surface area contributed by atoms with Crippen LogP contribution in [-0.4, -0.2) is 43.5 Å². The van der Waals surface area contributed by atoms with Gasteiger partial charge in [-0.05, 0) is 56.3 Å². The lowest BCUT2D eigenvalue weighted by Crippen LogP contribution is -2.30. The van der Waals surface area contributed by atoms with E-state index in [-0.39, 0.29) is 18.4 Å². The highest BCUT2D eigenvalue weighted by atomic mass is 16.5. The summed E-state index contributed by atoms with van der Waals surface area (Å²) in [6, 6.07) is 13.9. The quantitative estimate of drug-likeness (QED) is 0.789. The molecular weight excluding hydrogens is 332 g/mol. The first-order valence-electron chi connectivity index (χ1n) is 8.53. The smallest absolute Gasteiger partial charge is 0.262 e. The average Bonchev–Trinajstić information content (AvgIpc) is 2.68. The summed E-state index contributed by atoms with van der Waals surface area (Å²) >= 11 is 0. The van der Waals surface area contributed by atoms with E-state index in [1.165, 1.54) is 0 Å². The molecule has 0 aromatic heterocycles. The number of anilines is 1. The molecule has 6 nitrogen and oxygen atoms in total. The van der Waals surface area contributed by atoms with E-state index in [2.05, 4.69) is 5.32 Å². The fourth-order valence-corrected chi connectivity index (χ4v) is 2.44. The molecule has 0 bridgehead atoms. The molecule has 1 N–H and O–H groups in total. The third kappa shape index (κ3) is 5.24. The SMILES string of the molecule is CCN(CC)C(=O)c1cccc(NC(=O)COc2ccc(OC)cc2)c1. The Morgan fingerprint density at radius 1 is 1.00 bits per heavy atom. The molecule has 2 amide bonds. The van der Waals surface area contributed by atoms with Gasteiger partial charge in [0.15, 0.2) is 6.61 Å². The molecular formula is C20H24N2O4. The number of hydrogen-bond donors (Lipinski definition) is 1. The van der Waals surface area contributed by atoms with Crippen LogP contribution < -0.4 is 14.8 Å². The molecule has 0 fully saturated rings. The van der Waals surface area contributed by atoms with Gasteiger partial charge < -0.3 is 19.7 Å². The number of rotatable bonds is 8. The van der Waals surface area contributed by atoms with Gasteiger partial charge >= 0.3 is 0 Å². The van der Waals surface area contributed by atoms with Crippen molar-refractivity contribution in [2.24, 2.45) is 0 Å². The lowest BCUT2D eigenvalue weighted by molar-refractivity contribution is -0.118. The number of amides is 2. The molecule has 6 heteroatoms. The normalized spacial score (nSPS) is 10.1. The van der Waals surface area contributed by atoms with Gasteiger partial charge in [-0.2, -0.15) is 0 Å². The Balaban J connectivity index is 1.94. The Morgan fingerprint density at radius 3 is 2.27 bits per heavy atom. The summed E-state index contributed by atoms with van der Waals surface area (Å²) in [5.74, 6) is 0.941. The van der Waals surface area contributed by atoms with Crippen molar-refractivity contribution in [2.75, 3.05) is 32.1 Å². The fraction of sp³-hybridized carbons (Fsp3) is 0.300. The maximum Gasteiger partial charge on any atom is 0.262 e. The predicted octanol–water partition coefficient (Wildman–Crippen LogP) is 3.19. The molecule has 2 aromatic rings. The highest BCUT2D eigenvalue weighted by Crippen LogP contribution is 2.17. The van der Waals surface area contributed by atoms with Gasteiger partial charge in [-0.3, -0.25) is 9.59 Å². The second-order valence-corrected chi connectivity index (χ2v) is 5.57. The molecule has 0 heterocycles. The zero-order valence-corrected chi connectivity index (χ0v) is 15.3. The van der Waals surface area contributed by atoms with Gasteiger partial charge in [0.2, 0.25) is 0 Å². The van der Waals surface area contributed by atoms with E-state index in [1.807, 2.05) is 13.8 Å². The van der Waals surface area contributed by atoms with Gasteiger partial charge in [0.05, 0.1) is 7.11 Å². The number of nitrogens with zero attached hydrogens (tertiary/aromatic N) is 1. The molecule has 138 valence electrons. The Labute approximate surface area is 153 Å². The lowest BCUT2D eigenvalue weighted by Gasteiger charge is -2.19. The van der Waals surface area contributed by atoms with Crippen LogP contribution in [0.2, 0.25) is 0 Å². The van der Waals surface area contributed by atoms with Crippen molar-refractivity contribution >= 4 is 17.5 Å². The van der Waals surface area contributed by atoms with Crippen molar-refractivity contribution in [1.82, 2.24) is 4.90 Å². The molecule has 0 unspecified atom stereocenters. The fourth-order valence-electron chi connectivity index (χ4n) is 2.44. The molecule has 2 rings (SSSR count). The third-order valence-electron chi connectivity index (χ3n) is 3.87. The monoisotopic (exact) mass is 356 g/mol. The van der Waals surface area contributed by atoms with Gasteiger partial charge in [0, 0.05) is 24.3 Å². The maximum absolute atomic E-state index is 12.4. The first-order valence-corrected chi connectivity index (χ1v) is 8.53. The maximum atomic E-state index is 12.4. The minimum absolute atomic E-state index is 0.0550. The second-order valence-electron chi connectivity index (χ2n) is 5.57. The average molecular weight is 356 g/mol. The number of ether oxygens (including phenoxy) is 2. The molecule has 0 spiro atoms. The molecule has 0 aliphatic carbocycles. The van der Waals surface area contributed by atoms with E-state index < -0.39 is 0 Å². The summed E-state index contributed by atoms with van der Waals surface area (Å²) in [6.07, 6.45) is 0. The highest BCUT2D eigenvalue weighted by Gasteiger charge is 2.13. The summed E-state index contributed by atoms with van der Waals surface area (Å²) in [7, 11) is 1.59. The van der Waals surface area contributed by atoms with Crippen LogP contribution >= 0.6 is 0 Å². The minimum atomic E-state index is -0.298. The number of carbonyl (C=O) groups is 2. The molecule has 0 radical (unpaired) electrons. The molecule has 26 heavy (non-hydrogen) atoms. The second kappa shape index (κ2) is 9.46. The summed E-state index contributed by atoms with van der Waals surface area (Å²) in [6.45, 7) is 5.02. The summed E-state index contributed by atoms with van der Waals surface area (Å²) in [5, 5.41) is 2.75. The molecule has 0 aliphatic heterocycles. The van der Waals surface area contributed by atoms with E-state index >= 15 is 0 Å².